The van der Waals surface area contributed by atoms with Gasteiger partial charge in [0.15, 0.2) is 11.0 Å². The number of nitrogens with zero attached hydrogens (tertiary/aromatic N) is 4. The van der Waals surface area contributed by atoms with Crippen molar-refractivity contribution in [2.24, 2.45) is 7.05 Å². The number of rotatable bonds is 8. The minimum absolute atomic E-state index is 0.617. The first-order chi connectivity index (χ1) is 14.6. The van der Waals surface area contributed by atoms with Crippen molar-refractivity contribution in [1.82, 2.24) is 19.7 Å². The fraction of sp³-hybridized carbons (Fsp3) is 0.348. The fourth-order valence-electron chi connectivity index (χ4n) is 2.93. The van der Waals surface area contributed by atoms with Gasteiger partial charge in [-0.1, -0.05) is 79.1 Å². The van der Waals surface area contributed by atoms with Crippen LogP contribution in [0.25, 0.3) is 11.4 Å². The molecule has 0 spiro atoms. The minimum atomic E-state index is 0.617. The predicted octanol–water partition coefficient (Wildman–Crippen LogP) is 6.80. The summed E-state index contributed by atoms with van der Waals surface area (Å²) in [6.07, 6.45) is 9.38. The lowest BCUT2D eigenvalue weighted by molar-refractivity contribution is 0.679. The average Bonchev–Trinajstić information content (AvgIpc) is 3.11. The summed E-state index contributed by atoms with van der Waals surface area (Å²) in [4.78, 5) is 4.33. The second kappa shape index (κ2) is 11.4. The number of aromatic nitrogens is 4. The van der Waals surface area contributed by atoms with Gasteiger partial charge in [0.05, 0.1) is 0 Å². The summed E-state index contributed by atoms with van der Waals surface area (Å²) in [6, 6.07) is 7.53. The molecule has 0 unspecified atom stereocenters. The van der Waals surface area contributed by atoms with Crippen LogP contribution < -0.4 is 0 Å². The Bertz CT molecular complexity index is 1030. The summed E-state index contributed by atoms with van der Waals surface area (Å²) in [6.45, 7) is 2.21. The van der Waals surface area contributed by atoms with Crippen molar-refractivity contribution in [3.05, 3.63) is 57.8 Å². The van der Waals surface area contributed by atoms with E-state index in [1.807, 2.05) is 35.9 Å². The van der Waals surface area contributed by atoms with E-state index in [0.717, 1.165) is 40.5 Å². The first-order valence-corrected chi connectivity index (χ1v) is 11.7. The zero-order valence-electron chi connectivity index (χ0n) is 17.2. The third-order valence-corrected chi connectivity index (χ3v) is 6.38. The van der Waals surface area contributed by atoms with Gasteiger partial charge in [0.2, 0.25) is 0 Å². The van der Waals surface area contributed by atoms with E-state index in [9.17, 15) is 0 Å². The summed E-state index contributed by atoms with van der Waals surface area (Å²) in [5.74, 6) is 7.83. The molecule has 0 aliphatic carbocycles. The first kappa shape index (κ1) is 22.7. The molecule has 4 nitrogen and oxygen atoms in total. The van der Waals surface area contributed by atoms with E-state index < -0.39 is 0 Å². The number of halogens is 2. The molecule has 0 amide bonds. The number of unbranched alkanes of at least 4 members (excludes halogenated alkanes) is 4. The topological polar surface area (TPSA) is 43.6 Å². The lowest BCUT2D eigenvalue weighted by atomic mass is 10.1. The molecule has 0 bridgehead atoms. The summed E-state index contributed by atoms with van der Waals surface area (Å²) in [5, 5.41) is 10.8. The van der Waals surface area contributed by atoms with Crippen LogP contribution >= 0.6 is 35.0 Å². The van der Waals surface area contributed by atoms with Crippen molar-refractivity contribution in [3.63, 3.8) is 0 Å². The molecule has 0 saturated carbocycles. The first-order valence-electron chi connectivity index (χ1n) is 9.99. The molecule has 0 aliphatic rings. The fourth-order valence-corrected chi connectivity index (χ4v) is 4.59. The van der Waals surface area contributed by atoms with Gasteiger partial charge in [0.1, 0.15) is 0 Å². The van der Waals surface area contributed by atoms with Crippen LogP contribution in [0.3, 0.4) is 0 Å². The molecule has 7 heteroatoms. The van der Waals surface area contributed by atoms with Crippen LogP contribution in [0, 0.1) is 11.8 Å². The Balaban J connectivity index is 1.69. The number of pyridine rings is 1. The average molecular weight is 459 g/mol. The summed E-state index contributed by atoms with van der Waals surface area (Å²) >= 11 is 14.1. The van der Waals surface area contributed by atoms with Gasteiger partial charge in [-0.3, -0.25) is 4.98 Å². The highest BCUT2D eigenvalue weighted by Gasteiger charge is 2.14. The Morgan fingerprint density at radius 3 is 2.63 bits per heavy atom. The van der Waals surface area contributed by atoms with Gasteiger partial charge in [-0.25, -0.2) is 0 Å². The van der Waals surface area contributed by atoms with Gasteiger partial charge >= 0.3 is 0 Å². The molecule has 3 rings (SSSR count). The molecule has 0 atom stereocenters. The molecule has 3 aromatic rings. The SMILES string of the molecule is CCCCCCC#Cc1cncc(-c2nnc(SCc3c(Cl)cccc3Cl)n2C)c1. The molecule has 1 aromatic carbocycles. The molecule has 0 radical (unpaired) electrons. The normalized spacial score (nSPS) is 10.7. The highest BCUT2D eigenvalue weighted by Crippen LogP contribution is 2.31. The lowest BCUT2D eigenvalue weighted by Gasteiger charge is -2.07. The molecule has 0 fully saturated rings. The van der Waals surface area contributed by atoms with Gasteiger partial charge in [-0.15, -0.1) is 10.2 Å². The molecule has 2 aromatic heterocycles. The van der Waals surface area contributed by atoms with E-state index in [0.29, 0.717) is 15.8 Å². The number of hydrogen-bond acceptors (Lipinski definition) is 4. The van der Waals surface area contributed by atoms with Gasteiger partial charge in [-0.05, 0) is 30.2 Å². The standard InChI is InChI=1S/C23H24Cl2N4S/c1-3-4-5-6-7-8-10-17-13-18(15-26-14-17)22-27-28-23(29(22)2)30-16-19-20(24)11-9-12-21(19)25/h9,11-15H,3-7,16H2,1-2H3. The van der Waals surface area contributed by atoms with Crippen LogP contribution in [0.5, 0.6) is 0 Å². The third kappa shape index (κ3) is 6.01. The van der Waals surface area contributed by atoms with Crippen molar-refractivity contribution in [2.75, 3.05) is 0 Å². The number of thioether (sulfide) groups is 1. The quantitative estimate of drug-likeness (QED) is 0.211. The van der Waals surface area contributed by atoms with Crippen LogP contribution in [-0.2, 0) is 12.8 Å². The van der Waals surface area contributed by atoms with E-state index in [1.54, 1.807) is 24.2 Å². The smallest absolute Gasteiger partial charge is 0.191 e. The third-order valence-electron chi connectivity index (χ3n) is 4.63. The Hall–Kier alpha value is -2.00. The van der Waals surface area contributed by atoms with Crippen LogP contribution in [-0.4, -0.2) is 19.7 Å². The van der Waals surface area contributed by atoms with E-state index >= 15 is 0 Å². The number of benzene rings is 1. The Kier molecular flexibility index (Phi) is 8.62. The highest BCUT2D eigenvalue weighted by molar-refractivity contribution is 7.98. The lowest BCUT2D eigenvalue weighted by Crippen LogP contribution is -1.96. The second-order valence-corrected chi connectivity index (χ2v) is 8.69. The monoisotopic (exact) mass is 458 g/mol. The molecular formula is C23H24Cl2N4S. The zero-order chi connectivity index (χ0) is 21.3. The highest BCUT2D eigenvalue weighted by atomic mass is 35.5. The van der Waals surface area contributed by atoms with Gasteiger partial charge in [0, 0.05) is 52.8 Å². The van der Waals surface area contributed by atoms with Crippen molar-refractivity contribution < 1.29 is 0 Å². The maximum atomic E-state index is 6.27. The molecule has 156 valence electrons. The Morgan fingerprint density at radius 2 is 1.87 bits per heavy atom. The van der Waals surface area contributed by atoms with E-state index in [4.69, 9.17) is 23.2 Å². The van der Waals surface area contributed by atoms with Crippen LogP contribution in [0.4, 0.5) is 0 Å². The van der Waals surface area contributed by atoms with Gasteiger partial charge in [0.25, 0.3) is 0 Å². The van der Waals surface area contributed by atoms with Crippen molar-refractivity contribution in [2.45, 2.75) is 49.9 Å². The molecule has 30 heavy (non-hydrogen) atoms. The van der Waals surface area contributed by atoms with Crippen LogP contribution in [0.15, 0.2) is 41.8 Å². The van der Waals surface area contributed by atoms with Crippen molar-refractivity contribution in [3.8, 4) is 23.2 Å². The zero-order valence-corrected chi connectivity index (χ0v) is 19.5. The molecule has 0 aliphatic heterocycles. The predicted molar refractivity (Wildman–Crippen MR) is 126 cm³/mol. The minimum Gasteiger partial charge on any atom is -0.305 e. The molecular weight excluding hydrogens is 435 g/mol. The second-order valence-electron chi connectivity index (χ2n) is 6.93. The summed E-state index contributed by atoms with van der Waals surface area (Å²) in [7, 11) is 1.94. The van der Waals surface area contributed by atoms with E-state index in [-0.39, 0.29) is 0 Å². The van der Waals surface area contributed by atoms with E-state index in [1.165, 1.54) is 19.3 Å². The largest absolute Gasteiger partial charge is 0.305 e. The van der Waals surface area contributed by atoms with E-state index in [2.05, 4.69) is 33.9 Å². The van der Waals surface area contributed by atoms with Crippen LogP contribution in [0.2, 0.25) is 10.0 Å². The maximum absolute atomic E-state index is 6.27. The van der Waals surface area contributed by atoms with Gasteiger partial charge in [-0.2, -0.15) is 0 Å². The molecule has 0 N–H and O–H groups in total. The van der Waals surface area contributed by atoms with Crippen molar-refractivity contribution in [1.29, 1.82) is 0 Å². The molecule has 0 saturated heterocycles. The molecule has 2 heterocycles. The number of hydrogen-bond donors (Lipinski definition) is 0. The Morgan fingerprint density at radius 1 is 1.07 bits per heavy atom. The summed E-state index contributed by atoms with van der Waals surface area (Å²) < 4.78 is 1.95. The maximum Gasteiger partial charge on any atom is 0.191 e. The van der Waals surface area contributed by atoms with Gasteiger partial charge < -0.3 is 4.57 Å². The van der Waals surface area contributed by atoms with Crippen LogP contribution in [0.1, 0.15) is 50.2 Å². The summed E-state index contributed by atoms with van der Waals surface area (Å²) in [5.41, 5.74) is 2.68. The van der Waals surface area contributed by atoms with Crippen molar-refractivity contribution >= 4 is 35.0 Å². The Labute approximate surface area is 192 Å².